The maximum atomic E-state index is 10.7. The maximum Gasteiger partial charge on any atom is 0.146 e. The van der Waals surface area contributed by atoms with Crippen LogP contribution in [0.4, 0.5) is 5.69 Å². The summed E-state index contributed by atoms with van der Waals surface area (Å²) < 4.78 is 5.80. The molecule has 140 valence electrons. The van der Waals surface area contributed by atoms with Crippen LogP contribution in [-0.2, 0) is 11.3 Å². The van der Waals surface area contributed by atoms with Crippen LogP contribution in [0.5, 0.6) is 5.75 Å². The number of fused-ring (bicyclic) bond motifs is 1. The van der Waals surface area contributed by atoms with Crippen LogP contribution in [0, 0.1) is 0 Å². The number of nitrogens with zero attached hydrogens (tertiary/aromatic N) is 2. The molecule has 0 unspecified atom stereocenters. The molecule has 0 amide bonds. The van der Waals surface area contributed by atoms with Gasteiger partial charge < -0.3 is 20.1 Å². The van der Waals surface area contributed by atoms with E-state index >= 15 is 0 Å². The van der Waals surface area contributed by atoms with E-state index in [9.17, 15) is 5.11 Å². The van der Waals surface area contributed by atoms with Gasteiger partial charge in [0, 0.05) is 50.1 Å². The Balaban J connectivity index is 1.35. The Morgan fingerprint density at radius 2 is 2.07 bits per heavy atom. The lowest BCUT2D eigenvalue weighted by Crippen LogP contribution is -2.51. The van der Waals surface area contributed by atoms with Crippen molar-refractivity contribution in [2.24, 2.45) is 0 Å². The summed E-state index contributed by atoms with van der Waals surface area (Å²) in [5, 5.41) is 16.3. The second-order valence-electron chi connectivity index (χ2n) is 6.95. The summed E-state index contributed by atoms with van der Waals surface area (Å²) in [4.78, 5) is 6.37. The Morgan fingerprint density at radius 1 is 1.15 bits per heavy atom. The van der Waals surface area contributed by atoms with Gasteiger partial charge in [0.2, 0.25) is 0 Å². The Labute approximate surface area is 159 Å². The molecule has 0 spiro atoms. The van der Waals surface area contributed by atoms with Crippen LogP contribution in [0.15, 0.2) is 60.9 Å². The van der Waals surface area contributed by atoms with E-state index in [2.05, 4.69) is 21.3 Å². The Morgan fingerprint density at radius 3 is 2.96 bits per heavy atom. The number of nitrogens with one attached hydrogen (secondary N) is 1. The minimum atomic E-state index is 0.346. The van der Waals surface area contributed by atoms with E-state index in [1.54, 1.807) is 6.20 Å². The number of phenolic OH excluding ortho intramolecular Hbond substituents is 1. The molecule has 2 N–H and O–H groups in total. The zero-order chi connectivity index (χ0) is 18.5. The first kappa shape index (κ1) is 17.8. The summed E-state index contributed by atoms with van der Waals surface area (Å²) in [7, 11) is 0. The average Bonchev–Trinajstić information content (AvgIpc) is 2.73. The number of rotatable bonds is 6. The van der Waals surface area contributed by atoms with E-state index < -0.39 is 0 Å². The lowest BCUT2D eigenvalue weighted by atomic mass is 10.1. The van der Waals surface area contributed by atoms with Crippen molar-refractivity contribution < 1.29 is 9.84 Å². The first-order chi connectivity index (χ1) is 13.3. The minimum Gasteiger partial charge on any atom is -0.505 e. The number of hydrogen-bond acceptors (Lipinski definition) is 5. The molecular formula is C22H25N3O2. The van der Waals surface area contributed by atoms with Crippen LogP contribution in [0.25, 0.3) is 10.8 Å². The molecule has 0 radical (unpaired) electrons. The van der Waals surface area contributed by atoms with Crippen molar-refractivity contribution in [2.75, 3.05) is 31.1 Å². The van der Waals surface area contributed by atoms with Crippen LogP contribution in [0.2, 0.25) is 0 Å². The van der Waals surface area contributed by atoms with E-state index in [0.29, 0.717) is 25.0 Å². The van der Waals surface area contributed by atoms with Gasteiger partial charge in [-0.1, -0.05) is 36.4 Å². The summed E-state index contributed by atoms with van der Waals surface area (Å²) >= 11 is 0. The largest absolute Gasteiger partial charge is 0.505 e. The number of piperazine rings is 1. The second kappa shape index (κ2) is 8.37. The number of ether oxygens (including phenoxy) is 1. The van der Waals surface area contributed by atoms with Crippen molar-refractivity contribution in [3.63, 3.8) is 0 Å². The first-order valence-electron chi connectivity index (χ1n) is 9.47. The standard InChI is InChI=1S/C22H25N3O2/c26-22-20-6-2-1-5-18(20)7-8-21(22)25-12-11-24-19(15-25)9-13-27-16-17-4-3-10-23-14-17/h1-8,10,14,19,24,26H,9,11-13,15-16H2/t19-/m0/s1. The number of benzene rings is 2. The predicted octanol–water partition coefficient (Wildman–Crippen LogP) is 3.33. The average molecular weight is 363 g/mol. The smallest absolute Gasteiger partial charge is 0.146 e. The van der Waals surface area contributed by atoms with Crippen molar-refractivity contribution in [3.8, 4) is 5.75 Å². The fourth-order valence-corrected chi connectivity index (χ4v) is 3.64. The molecule has 4 rings (SSSR count). The van der Waals surface area contributed by atoms with E-state index in [-0.39, 0.29) is 0 Å². The normalized spacial score (nSPS) is 17.3. The number of hydrogen-bond donors (Lipinski definition) is 2. The molecule has 5 nitrogen and oxygen atoms in total. The molecule has 2 heterocycles. The molecule has 0 bridgehead atoms. The highest BCUT2D eigenvalue weighted by atomic mass is 16.5. The molecule has 2 aromatic carbocycles. The molecule has 1 aromatic heterocycles. The number of aromatic nitrogens is 1. The number of pyridine rings is 1. The summed E-state index contributed by atoms with van der Waals surface area (Å²) in [5.41, 5.74) is 2.01. The third-order valence-corrected chi connectivity index (χ3v) is 5.08. The van der Waals surface area contributed by atoms with Gasteiger partial charge in [-0.25, -0.2) is 0 Å². The zero-order valence-electron chi connectivity index (χ0n) is 15.3. The number of aromatic hydroxyl groups is 1. The first-order valence-corrected chi connectivity index (χ1v) is 9.47. The van der Waals surface area contributed by atoms with Gasteiger partial charge in [-0.3, -0.25) is 4.98 Å². The highest BCUT2D eigenvalue weighted by molar-refractivity contribution is 5.93. The molecule has 1 fully saturated rings. The molecule has 0 aliphatic carbocycles. The minimum absolute atomic E-state index is 0.346. The van der Waals surface area contributed by atoms with Gasteiger partial charge in [-0.15, -0.1) is 0 Å². The molecule has 1 aliphatic rings. The molecular weight excluding hydrogens is 338 g/mol. The van der Waals surface area contributed by atoms with Gasteiger partial charge in [0.1, 0.15) is 5.75 Å². The van der Waals surface area contributed by atoms with Gasteiger partial charge in [-0.05, 0) is 29.5 Å². The summed E-state index contributed by atoms with van der Waals surface area (Å²) in [6.07, 6.45) is 4.54. The monoisotopic (exact) mass is 363 g/mol. The lowest BCUT2D eigenvalue weighted by molar-refractivity contribution is 0.110. The van der Waals surface area contributed by atoms with Crippen molar-refractivity contribution in [2.45, 2.75) is 19.1 Å². The maximum absolute atomic E-state index is 10.7. The Hall–Kier alpha value is -2.63. The molecule has 5 heteroatoms. The SMILES string of the molecule is Oc1c(N2CCN[C@@H](CCOCc3cccnc3)C2)ccc2ccccc12. The summed E-state index contributed by atoms with van der Waals surface area (Å²) in [6.45, 7) is 3.94. The van der Waals surface area contributed by atoms with E-state index in [1.807, 2.05) is 48.7 Å². The van der Waals surface area contributed by atoms with Crippen LogP contribution < -0.4 is 10.2 Å². The zero-order valence-corrected chi connectivity index (χ0v) is 15.3. The fourth-order valence-electron chi connectivity index (χ4n) is 3.64. The van der Waals surface area contributed by atoms with Crippen LogP contribution in [0.3, 0.4) is 0 Å². The van der Waals surface area contributed by atoms with Crippen molar-refractivity contribution in [1.82, 2.24) is 10.3 Å². The van der Waals surface area contributed by atoms with Gasteiger partial charge in [0.25, 0.3) is 0 Å². The Kier molecular flexibility index (Phi) is 5.51. The topological polar surface area (TPSA) is 57.6 Å². The van der Waals surface area contributed by atoms with Crippen molar-refractivity contribution >= 4 is 16.5 Å². The van der Waals surface area contributed by atoms with Gasteiger partial charge >= 0.3 is 0 Å². The molecule has 1 saturated heterocycles. The highest BCUT2D eigenvalue weighted by Crippen LogP contribution is 2.35. The van der Waals surface area contributed by atoms with E-state index in [0.717, 1.165) is 48.1 Å². The second-order valence-corrected chi connectivity index (χ2v) is 6.95. The molecule has 3 aromatic rings. The molecule has 27 heavy (non-hydrogen) atoms. The van der Waals surface area contributed by atoms with E-state index in [1.165, 1.54) is 0 Å². The quantitative estimate of drug-likeness (QED) is 0.658. The van der Waals surface area contributed by atoms with Gasteiger partial charge in [-0.2, -0.15) is 0 Å². The van der Waals surface area contributed by atoms with E-state index in [4.69, 9.17) is 4.74 Å². The third kappa shape index (κ3) is 4.21. The van der Waals surface area contributed by atoms with Gasteiger partial charge in [0.15, 0.2) is 0 Å². The lowest BCUT2D eigenvalue weighted by Gasteiger charge is -2.35. The van der Waals surface area contributed by atoms with Crippen LogP contribution in [-0.4, -0.2) is 42.4 Å². The Bertz CT molecular complexity index is 885. The highest BCUT2D eigenvalue weighted by Gasteiger charge is 2.22. The third-order valence-electron chi connectivity index (χ3n) is 5.08. The number of phenols is 1. The predicted molar refractivity (Wildman–Crippen MR) is 108 cm³/mol. The van der Waals surface area contributed by atoms with Crippen LogP contribution >= 0.6 is 0 Å². The fraction of sp³-hybridized carbons (Fsp3) is 0.318. The van der Waals surface area contributed by atoms with Crippen molar-refractivity contribution in [1.29, 1.82) is 0 Å². The van der Waals surface area contributed by atoms with Gasteiger partial charge in [0.05, 0.1) is 12.3 Å². The summed E-state index contributed by atoms with van der Waals surface area (Å²) in [6, 6.07) is 16.4. The molecule has 1 atom stereocenters. The molecule has 1 aliphatic heterocycles. The van der Waals surface area contributed by atoms with Crippen LogP contribution in [0.1, 0.15) is 12.0 Å². The van der Waals surface area contributed by atoms with Crippen molar-refractivity contribution in [3.05, 3.63) is 66.5 Å². The number of anilines is 1. The summed E-state index contributed by atoms with van der Waals surface area (Å²) in [5.74, 6) is 0.376. The molecule has 0 saturated carbocycles.